The van der Waals surface area contributed by atoms with E-state index in [0.717, 1.165) is 0 Å². The third-order valence-corrected chi connectivity index (χ3v) is 2.79. The van der Waals surface area contributed by atoms with Crippen molar-refractivity contribution in [3.05, 3.63) is 12.0 Å². The molecule has 0 aliphatic rings. The minimum Gasteiger partial charge on any atom is -0.322 e. The molecule has 0 fully saturated rings. The monoisotopic (exact) mass is 179 g/mol. The minimum atomic E-state index is -3.33. The summed E-state index contributed by atoms with van der Waals surface area (Å²) in [7, 11) is -0.905. The number of hydrogen-bond donors (Lipinski definition) is 1. The van der Waals surface area contributed by atoms with Gasteiger partial charge >= 0.3 is 7.60 Å². The second-order valence-corrected chi connectivity index (χ2v) is 3.84. The van der Waals surface area contributed by atoms with Crippen molar-refractivity contribution < 1.29 is 18.4 Å². The fourth-order valence-electron chi connectivity index (χ4n) is 0.442. The van der Waals surface area contributed by atoms with Gasteiger partial charge in [0.15, 0.2) is 0 Å². The van der Waals surface area contributed by atoms with E-state index in [2.05, 4.69) is 20.9 Å². The van der Waals surface area contributed by atoms with E-state index in [1.54, 1.807) is 0 Å². The van der Waals surface area contributed by atoms with Crippen LogP contribution in [0.2, 0.25) is 0 Å². The molecular weight excluding hydrogens is 169 g/mol. The predicted octanol–water partition coefficient (Wildman–Crippen LogP) is 0.690. The highest BCUT2D eigenvalue weighted by Gasteiger charge is 2.25. The second-order valence-electron chi connectivity index (χ2n) is 1.57. The number of nitrogens with one attached hydrogen (secondary N) is 1. The summed E-state index contributed by atoms with van der Waals surface area (Å²) in [4.78, 5) is 9.89. The lowest BCUT2D eigenvalue weighted by Crippen LogP contribution is -2.10. The van der Waals surface area contributed by atoms with Gasteiger partial charge in [-0.15, -0.1) is 0 Å². The van der Waals surface area contributed by atoms with Gasteiger partial charge in [0, 0.05) is 14.2 Å². The van der Waals surface area contributed by atoms with Crippen LogP contribution in [0.1, 0.15) is 0 Å². The molecule has 0 aliphatic heterocycles. The first-order valence-electron chi connectivity index (χ1n) is 2.72. The van der Waals surface area contributed by atoms with E-state index in [4.69, 9.17) is 0 Å². The topological polar surface area (TPSA) is 64.6 Å². The Balaban J connectivity index is 4.37. The fourth-order valence-corrected chi connectivity index (χ4v) is 1.24. The first-order chi connectivity index (χ1) is 5.10. The van der Waals surface area contributed by atoms with Crippen LogP contribution < -0.4 is 5.32 Å². The van der Waals surface area contributed by atoms with Crippen LogP contribution in [-0.4, -0.2) is 20.6 Å². The molecule has 0 atom stereocenters. The maximum atomic E-state index is 11.3. The summed E-state index contributed by atoms with van der Waals surface area (Å²) >= 11 is 0. The van der Waals surface area contributed by atoms with Gasteiger partial charge in [-0.3, -0.25) is 9.36 Å². The zero-order valence-electron chi connectivity index (χ0n) is 6.36. The lowest BCUT2D eigenvalue weighted by molar-refractivity contribution is -0.108. The van der Waals surface area contributed by atoms with E-state index in [-0.39, 0.29) is 5.44 Å². The number of carbonyl (C=O) groups excluding carboxylic acids is 1. The molecule has 0 saturated heterocycles. The highest BCUT2D eigenvalue weighted by molar-refractivity contribution is 7.58. The minimum absolute atomic E-state index is 0.0718. The Bertz CT molecular complexity index is 195. The summed E-state index contributed by atoms with van der Waals surface area (Å²) in [6.45, 7) is 3.30. The van der Waals surface area contributed by atoms with Crippen molar-refractivity contribution in [2.75, 3.05) is 14.2 Å². The first kappa shape index (κ1) is 10.4. The molecule has 1 N–H and O–H groups in total. The van der Waals surface area contributed by atoms with Crippen LogP contribution in [-0.2, 0) is 18.4 Å². The molecular formula is C5H10NO4P. The van der Waals surface area contributed by atoms with Gasteiger partial charge in [-0.25, -0.2) is 0 Å². The Morgan fingerprint density at radius 3 is 2.27 bits per heavy atom. The summed E-state index contributed by atoms with van der Waals surface area (Å²) in [5.41, 5.74) is -0.0718. The maximum Gasteiger partial charge on any atom is 0.376 e. The Kier molecular flexibility index (Phi) is 4.03. The number of carbonyl (C=O) groups is 1. The van der Waals surface area contributed by atoms with Gasteiger partial charge < -0.3 is 14.4 Å². The summed E-state index contributed by atoms with van der Waals surface area (Å²) < 4.78 is 20.3. The third kappa shape index (κ3) is 2.46. The first-order valence-corrected chi connectivity index (χ1v) is 4.26. The number of rotatable bonds is 5. The number of amides is 1. The smallest absolute Gasteiger partial charge is 0.322 e. The summed E-state index contributed by atoms with van der Waals surface area (Å²) in [5.74, 6) is 0. The predicted molar refractivity (Wildman–Crippen MR) is 40.0 cm³/mol. The van der Waals surface area contributed by atoms with Crippen molar-refractivity contribution in [3.63, 3.8) is 0 Å². The Morgan fingerprint density at radius 1 is 1.55 bits per heavy atom. The van der Waals surface area contributed by atoms with Crippen LogP contribution in [0.3, 0.4) is 0 Å². The lowest BCUT2D eigenvalue weighted by Gasteiger charge is -2.14. The Labute approximate surface area is 64.9 Å². The normalized spacial score (nSPS) is 10.7. The van der Waals surface area contributed by atoms with Gasteiger partial charge in [-0.1, -0.05) is 6.58 Å². The van der Waals surface area contributed by atoms with Gasteiger partial charge in [0.1, 0.15) is 5.44 Å². The van der Waals surface area contributed by atoms with Crippen molar-refractivity contribution in [1.82, 2.24) is 5.32 Å². The highest BCUT2D eigenvalue weighted by atomic mass is 31.2. The molecule has 64 valence electrons. The molecule has 0 heterocycles. The summed E-state index contributed by atoms with van der Waals surface area (Å²) in [6, 6.07) is 0. The molecule has 0 rings (SSSR count). The van der Waals surface area contributed by atoms with E-state index in [1.165, 1.54) is 14.2 Å². The second kappa shape index (κ2) is 4.28. The molecule has 6 heteroatoms. The van der Waals surface area contributed by atoms with Gasteiger partial charge in [-0.05, 0) is 0 Å². The Hall–Kier alpha value is -0.640. The van der Waals surface area contributed by atoms with E-state index in [0.29, 0.717) is 6.41 Å². The van der Waals surface area contributed by atoms with Crippen molar-refractivity contribution in [2.45, 2.75) is 0 Å². The average molecular weight is 179 g/mol. The van der Waals surface area contributed by atoms with Crippen LogP contribution in [0.4, 0.5) is 0 Å². The molecule has 5 nitrogen and oxygen atoms in total. The van der Waals surface area contributed by atoms with Gasteiger partial charge in [-0.2, -0.15) is 0 Å². The van der Waals surface area contributed by atoms with E-state index in [9.17, 15) is 9.36 Å². The number of hydrogen-bond acceptors (Lipinski definition) is 4. The largest absolute Gasteiger partial charge is 0.376 e. The maximum absolute atomic E-state index is 11.3. The zero-order chi connectivity index (χ0) is 8.91. The fraction of sp³-hybridized carbons (Fsp3) is 0.400. The van der Waals surface area contributed by atoms with Crippen molar-refractivity contribution in [3.8, 4) is 0 Å². The van der Waals surface area contributed by atoms with Gasteiger partial charge in [0.2, 0.25) is 6.41 Å². The Morgan fingerprint density at radius 2 is 2.00 bits per heavy atom. The SMILES string of the molecule is C=C(NC=O)P(=O)(OC)OC. The molecule has 1 amide bonds. The molecule has 0 radical (unpaired) electrons. The van der Waals surface area contributed by atoms with Crippen molar-refractivity contribution >= 4 is 14.0 Å². The molecule has 0 aromatic rings. The highest BCUT2D eigenvalue weighted by Crippen LogP contribution is 2.52. The van der Waals surface area contributed by atoms with Crippen LogP contribution in [0.5, 0.6) is 0 Å². The molecule has 0 aliphatic carbocycles. The quantitative estimate of drug-likeness (QED) is 0.498. The van der Waals surface area contributed by atoms with Crippen LogP contribution in [0, 0.1) is 0 Å². The summed E-state index contributed by atoms with van der Waals surface area (Å²) in [6.07, 6.45) is 0.354. The van der Waals surface area contributed by atoms with Crippen molar-refractivity contribution in [2.24, 2.45) is 0 Å². The molecule has 0 spiro atoms. The molecule has 11 heavy (non-hydrogen) atoms. The van der Waals surface area contributed by atoms with Crippen LogP contribution >= 0.6 is 7.60 Å². The van der Waals surface area contributed by atoms with E-state index in [1.807, 2.05) is 0 Å². The average Bonchev–Trinajstić information content (AvgIpc) is 2.03. The third-order valence-electron chi connectivity index (χ3n) is 1.04. The van der Waals surface area contributed by atoms with Crippen LogP contribution in [0.25, 0.3) is 0 Å². The lowest BCUT2D eigenvalue weighted by atomic mass is 11.0. The molecule has 0 aromatic heterocycles. The van der Waals surface area contributed by atoms with Gasteiger partial charge in [0.25, 0.3) is 0 Å². The molecule has 0 saturated carbocycles. The van der Waals surface area contributed by atoms with Gasteiger partial charge in [0.05, 0.1) is 0 Å². The van der Waals surface area contributed by atoms with Crippen LogP contribution in [0.15, 0.2) is 12.0 Å². The van der Waals surface area contributed by atoms with E-state index >= 15 is 0 Å². The molecule has 0 bridgehead atoms. The molecule has 0 aromatic carbocycles. The standard InChI is InChI=1S/C5H10NO4P/c1-5(6-4-7)11(8,9-2)10-3/h4H,1H2,2-3H3,(H,6,7). The van der Waals surface area contributed by atoms with E-state index < -0.39 is 7.60 Å². The van der Waals surface area contributed by atoms with Crippen molar-refractivity contribution in [1.29, 1.82) is 0 Å². The zero-order valence-corrected chi connectivity index (χ0v) is 7.26. The summed E-state index contributed by atoms with van der Waals surface area (Å²) in [5, 5.41) is 2.10. The molecule has 0 unspecified atom stereocenters.